The van der Waals surface area contributed by atoms with E-state index in [9.17, 15) is 0 Å². The minimum absolute atomic E-state index is 0.678. The number of anilines is 1. The Balaban J connectivity index is 1.93. The molecule has 98 valence electrons. The molecule has 0 amide bonds. The third-order valence-corrected chi connectivity index (χ3v) is 3.19. The summed E-state index contributed by atoms with van der Waals surface area (Å²) in [6, 6.07) is 0. The third kappa shape index (κ3) is 6.61. The lowest BCUT2D eigenvalue weighted by molar-refractivity contribution is 0.0691. The Morgan fingerprint density at radius 2 is 2.18 bits per heavy atom. The summed E-state index contributed by atoms with van der Waals surface area (Å²) in [5, 5.41) is 6.47. The highest BCUT2D eigenvalue weighted by molar-refractivity contribution is 7.13. The van der Waals surface area contributed by atoms with Gasteiger partial charge in [0.1, 0.15) is 0 Å². The topological polar surface area (TPSA) is 43.4 Å². The molecule has 1 rings (SSSR count). The van der Waals surface area contributed by atoms with Gasteiger partial charge in [-0.15, -0.1) is 11.3 Å². The minimum Gasteiger partial charge on any atom is -0.382 e. The van der Waals surface area contributed by atoms with E-state index in [1.807, 2.05) is 0 Å². The molecule has 1 aromatic rings. The van der Waals surface area contributed by atoms with Crippen LogP contribution in [-0.4, -0.2) is 38.5 Å². The van der Waals surface area contributed by atoms with Crippen LogP contribution in [0.25, 0.3) is 0 Å². The average Bonchev–Trinajstić information content (AvgIpc) is 2.80. The van der Waals surface area contributed by atoms with Crippen LogP contribution < -0.4 is 5.32 Å². The first-order chi connectivity index (χ1) is 8.36. The molecular weight excluding hydrogens is 236 g/mol. The van der Waals surface area contributed by atoms with Gasteiger partial charge in [0.25, 0.3) is 0 Å². The third-order valence-electron chi connectivity index (χ3n) is 2.34. The van der Waals surface area contributed by atoms with Gasteiger partial charge in [-0.05, 0) is 19.3 Å². The predicted molar refractivity (Wildman–Crippen MR) is 71.9 cm³/mol. The normalized spacial score (nSPS) is 10.7. The van der Waals surface area contributed by atoms with Gasteiger partial charge in [0.05, 0.1) is 18.9 Å². The molecule has 0 spiro atoms. The molecule has 4 nitrogen and oxygen atoms in total. The number of ether oxygens (including phenoxy) is 2. The Labute approximate surface area is 107 Å². The number of nitrogens with one attached hydrogen (secondary N) is 1. The lowest BCUT2D eigenvalue weighted by Crippen LogP contribution is -2.06. The van der Waals surface area contributed by atoms with Crippen molar-refractivity contribution in [2.75, 3.05) is 38.8 Å². The first kappa shape index (κ1) is 14.4. The van der Waals surface area contributed by atoms with E-state index in [2.05, 4.69) is 22.6 Å². The summed E-state index contributed by atoms with van der Waals surface area (Å²) < 4.78 is 10.3. The number of unbranched alkanes of at least 4 members (excludes halogenated alkanes) is 1. The lowest BCUT2D eigenvalue weighted by atomic mass is 10.3. The van der Waals surface area contributed by atoms with Gasteiger partial charge in [-0.2, -0.15) is 0 Å². The zero-order valence-electron chi connectivity index (χ0n) is 10.7. The highest BCUT2D eigenvalue weighted by atomic mass is 32.1. The van der Waals surface area contributed by atoms with Gasteiger partial charge in [0, 0.05) is 25.6 Å². The zero-order valence-corrected chi connectivity index (χ0v) is 11.5. The minimum atomic E-state index is 0.678. The Morgan fingerprint density at radius 3 is 2.88 bits per heavy atom. The summed E-state index contributed by atoms with van der Waals surface area (Å²) in [5.41, 5.74) is 1.17. The second-order valence-electron chi connectivity index (χ2n) is 3.74. The van der Waals surface area contributed by atoms with Crippen molar-refractivity contribution < 1.29 is 9.47 Å². The number of hydrogen-bond acceptors (Lipinski definition) is 5. The summed E-state index contributed by atoms with van der Waals surface area (Å²) in [7, 11) is 1.69. The van der Waals surface area contributed by atoms with Crippen LogP contribution in [0, 0.1) is 0 Å². The van der Waals surface area contributed by atoms with E-state index in [0.29, 0.717) is 13.2 Å². The van der Waals surface area contributed by atoms with Crippen LogP contribution in [0.3, 0.4) is 0 Å². The van der Waals surface area contributed by atoms with Crippen molar-refractivity contribution in [2.45, 2.75) is 26.2 Å². The standard InChI is InChI=1S/C12H22N2O2S/c1-3-11-10-17-12(14-11)13-6-4-5-7-16-9-8-15-2/h10H,3-9H2,1-2H3,(H,13,14). The van der Waals surface area contributed by atoms with Crippen molar-refractivity contribution in [1.29, 1.82) is 0 Å². The highest BCUT2D eigenvalue weighted by Crippen LogP contribution is 2.15. The van der Waals surface area contributed by atoms with E-state index < -0.39 is 0 Å². The maximum Gasteiger partial charge on any atom is 0.182 e. The summed E-state index contributed by atoms with van der Waals surface area (Å²) in [6.45, 7) is 5.26. The number of hydrogen-bond donors (Lipinski definition) is 1. The average molecular weight is 258 g/mol. The number of aromatic nitrogens is 1. The molecule has 1 aromatic heterocycles. The van der Waals surface area contributed by atoms with Crippen molar-refractivity contribution in [3.8, 4) is 0 Å². The van der Waals surface area contributed by atoms with Crippen molar-refractivity contribution >= 4 is 16.5 Å². The SMILES string of the molecule is CCc1csc(NCCCCOCCOC)n1. The van der Waals surface area contributed by atoms with Crippen LogP contribution in [0.15, 0.2) is 5.38 Å². The largest absolute Gasteiger partial charge is 0.382 e. The van der Waals surface area contributed by atoms with Crippen LogP contribution in [0.4, 0.5) is 5.13 Å². The summed E-state index contributed by atoms with van der Waals surface area (Å²) >= 11 is 1.68. The van der Waals surface area contributed by atoms with Gasteiger partial charge in [0.15, 0.2) is 5.13 Å². The zero-order chi connectivity index (χ0) is 12.3. The number of aryl methyl sites for hydroxylation is 1. The van der Waals surface area contributed by atoms with E-state index >= 15 is 0 Å². The second-order valence-corrected chi connectivity index (χ2v) is 4.59. The van der Waals surface area contributed by atoms with Crippen molar-refractivity contribution in [2.24, 2.45) is 0 Å². The number of nitrogens with zero attached hydrogens (tertiary/aromatic N) is 1. The molecule has 17 heavy (non-hydrogen) atoms. The molecule has 0 aliphatic carbocycles. The molecule has 1 N–H and O–H groups in total. The molecule has 0 radical (unpaired) electrons. The number of rotatable bonds is 10. The monoisotopic (exact) mass is 258 g/mol. The summed E-state index contributed by atoms with van der Waals surface area (Å²) in [6.07, 6.45) is 3.18. The van der Waals surface area contributed by atoms with Gasteiger partial charge in [-0.1, -0.05) is 6.92 Å². The van der Waals surface area contributed by atoms with Gasteiger partial charge >= 0.3 is 0 Å². The molecule has 0 aliphatic heterocycles. The fourth-order valence-electron chi connectivity index (χ4n) is 1.32. The molecular formula is C12H22N2O2S. The smallest absolute Gasteiger partial charge is 0.182 e. The van der Waals surface area contributed by atoms with Crippen molar-refractivity contribution in [1.82, 2.24) is 4.98 Å². The molecule has 0 atom stereocenters. The molecule has 0 bridgehead atoms. The molecule has 0 fully saturated rings. The van der Waals surface area contributed by atoms with Gasteiger partial charge in [-0.3, -0.25) is 0 Å². The molecule has 0 aromatic carbocycles. The van der Waals surface area contributed by atoms with Crippen molar-refractivity contribution in [3.05, 3.63) is 11.1 Å². The highest BCUT2D eigenvalue weighted by Gasteiger charge is 1.98. The maximum absolute atomic E-state index is 5.38. The van der Waals surface area contributed by atoms with Crippen molar-refractivity contribution in [3.63, 3.8) is 0 Å². The molecule has 1 heterocycles. The van der Waals surface area contributed by atoms with E-state index in [4.69, 9.17) is 9.47 Å². The van der Waals surface area contributed by atoms with Crippen LogP contribution in [0.1, 0.15) is 25.5 Å². The lowest BCUT2D eigenvalue weighted by Gasteiger charge is -2.04. The molecule has 0 saturated heterocycles. The van der Waals surface area contributed by atoms with Gasteiger partial charge in [0.2, 0.25) is 0 Å². The van der Waals surface area contributed by atoms with Crippen LogP contribution in [0.2, 0.25) is 0 Å². The first-order valence-electron chi connectivity index (χ1n) is 6.11. The number of methoxy groups -OCH3 is 1. The fraction of sp³-hybridized carbons (Fsp3) is 0.750. The quantitative estimate of drug-likeness (QED) is 0.655. The van der Waals surface area contributed by atoms with Crippen LogP contribution in [0.5, 0.6) is 0 Å². The Kier molecular flexibility index (Phi) is 7.96. The van der Waals surface area contributed by atoms with E-state index in [-0.39, 0.29) is 0 Å². The molecule has 0 unspecified atom stereocenters. The van der Waals surface area contributed by atoms with E-state index in [1.165, 1.54) is 5.69 Å². The van der Waals surface area contributed by atoms with Gasteiger partial charge < -0.3 is 14.8 Å². The van der Waals surface area contributed by atoms with Crippen LogP contribution in [-0.2, 0) is 15.9 Å². The number of thiazole rings is 1. The predicted octanol–water partition coefficient (Wildman–Crippen LogP) is 2.56. The summed E-state index contributed by atoms with van der Waals surface area (Å²) in [5.74, 6) is 0. The maximum atomic E-state index is 5.38. The second kappa shape index (κ2) is 9.39. The Hall–Kier alpha value is -0.650. The Bertz CT molecular complexity index is 292. The molecule has 0 saturated carbocycles. The van der Waals surface area contributed by atoms with Gasteiger partial charge in [-0.25, -0.2) is 4.98 Å². The van der Waals surface area contributed by atoms with E-state index in [1.54, 1.807) is 18.4 Å². The van der Waals surface area contributed by atoms with Crippen LogP contribution >= 0.6 is 11.3 Å². The Morgan fingerprint density at radius 1 is 1.29 bits per heavy atom. The molecule has 0 aliphatic rings. The first-order valence-corrected chi connectivity index (χ1v) is 6.99. The molecule has 5 heteroatoms. The fourth-order valence-corrected chi connectivity index (χ4v) is 2.14. The summed E-state index contributed by atoms with van der Waals surface area (Å²) in [4.78, 5) is 4.45. The van der Waals surface area contributed by atoms with E-state index in [0.717, 1.165) is 37.5 Å².